The van der Waals surface area contributed by atoms with Crippen molar-refractivity contribution >= 4 is 0 Å². The molecule has 1 aliphatic heterocycles. The van der Waals surface area contributed by atoms with E-state index in [4.69, 9.17) is 0 Å². The van der Waals surface area contributed by atoms with Gasteiger partial charge in [-0.25, -0.2) is 0 Å². The molecule has 1 atom stereocenters. The van der Waals surface area contributed by atoms with Crippen molar-refractivity contribution in [3.05, 3.63) is 34.9 Å². The Kier molecular flexibility index (Phi) is 2.87. The van der Waals surface area contributed by atoms with Crippen molar-refractivity contribution in [2.75, 3.05) is 13.1 Å². The lowest BCUT2D eigenvalue weighted by Gasteiger charge is -2.23. The van der Waals surface area contributed by atoms with Crippen molar-refractivity contribution in [1.29, 1.82) is 0 Å². The standard InChI is InChI=1S/C13H19N/c1-10-6-11(2)8-13(7-10)12-4-3-5-14-9-12/h6-8,12,14H,3-5,9H2,1-2H3/t12-/m1/s1. The third-order valence-corrected chi connectivity index (χ3v) is 3.01. The molecule has 0 amide bonds. The maximum atomic E-state index is 3.47. The minimum atomic E-state index is 0.738. The predicted molar refractivity (Wildman–Crippen MR) is 60.8 cm³/mol. The molecule has 1 nitrogen and oxygen atoms in total. The number of rotatable bonds is 1. The van der Waals surface area contributed by atoms with E-state index < -0.39 is 0 Å². The van der Waals surface area contributed by atoms with Crippen molar-refractivity contribution in [2.24, 2.45) is 0 Å². The molecule has 0 unspecified atom stereocenters. The van der Waals surface area contributed by atoms with Crippen molar-refractivity contribution in [3.63, 3.8) is 0 Å². The lowest BCUT2D eigenvalue weighted by Crippen LogP contribution is -2.28. The second-order valence-electron chi connectivity index (χ2n) is 4.46. The Bertz CT molecular complexity index is 291. The maximum absolute atomic E-state index is 3.47. The van der Waals surface area contributed by atoms with Gasteiger partial charge in [0.05, 0.1) is 0 Å². The second-order valence-corrected chi connectivity index (χ2v) is 4.46. The summed E-state index contributed by atoms with van der Waals surface area (Å²) in [6, 6.07) is 6.93. The van der Waals surface area contributed by atoms with E-state index in [1.165, 1.54) is 36.1 Å². The summed E-state index contributed by atoms with van der Waals surface area (Å²) in [6.45, 7) is 6.73. The van der Waals surface area contributed by atoms with Gasteiger partial charge in [-0.3, -0.25) is 0 Å². The van der Waals surface area contributed by atoms with Crippen molar-refractivity contribution < 1.29 is 0 Å². The SMILES string of the molecule is Cc1cc(C)cc([C@@H]2CCCNC2)c1. The van der Waals surface area contributed by atoms with E-state index in [2.05, 4.69) is 37.4 Å². The maximum Gasteiger partial charge on any atom is 0.00201 e. The Morgan fingerprint density at radius 2 is 1.86 bits per heavy atom. The molecule has 14 heavy (non-hydrogen) atoms. The second kappa shape index (κ2) is 4.14. The van der Waals surface area contributed by atoms with Crippen LogP contribution in [-0.4, -0.2) is 13.1 Å². The van der Waals surface area contributed by atoms with Gasteiger partial charge >= 0.3 is 0 Å². The Labute approximate surface area is 86.5 Å². The molecular weight excluding hydrogens is 170 g/mol. The zero-order chi connectivity index (χ0) is 9.97. The molecule has 0 bridgehead atoms. The van der Waals surface area contributed by atoms with Crippen molar-refractivity contribution in [1.82, 2.24) is 5.32 Å². The van der Waals surface area contributed by atoms with Crippen LogP contribution in [0.25, 0.3) is 0 Å². The highest BCUT2D eigenvalue weighted by Crippen LogP contribution is 2.24. The van der Waals surface area contributed by atoms with Crippen molar-refractivity contribution in [2.45, 2.75) is 32.6 Å². The van der Waals surface area contributed by atoms with Crippen LogP contribution in [-0.2, 0) is 0 Å². The molecule has 1 aromatic rings. The first-order valence-electron chi connectivity index (χ1n) is 5.54. The quantitative estimate of drug-likeness (QED) is 0.716. The summed E-state index contributed by atoms with van der Waals surface area (Å²) in [5.74, 6) is 0.738. The highest BCUT2D eigenvalue weighted by Gasteiger charge is 2.15. The fourth-order valence-corrected chi connectivity index (χ4v) is 2.38. The third kappa shape index (κ3) is 2.16. The summed E-state index contributed by atoms with van der Waals surface area (Å²) < 4.78 is 0. The summed E-state index contributed by atoms with van der Waals surface area (Å²) in [6.07, 6.45) is 2.66. The van der Waals surface area contributed by atoms with Crippen LogP contribution in [0, 0.1) is 13.8 Å². The molecule has 1 heteroatoms. The zero-order valence-electron chi connectivity index (χ0n) is 9.14. The van der Waals surface area contributed by atoms with Crippen LogP contribution >= 0.6 is 0 Å². The van der Waals surface area contributed by atoms with Gasteiger partial charge in [0, 0.05) is 6.54 Å². The van der Waals surface area contributed by atoms with Crippen LogP contribution in [0.5, 0.6) is 0 Å². The van der Waals surface area contributed by atoms with Crippen LogP contribution < -0.4 is 5.32 Å². The minimum absolute atomic E-state index is 0.738. The number of aryl methyl sites for hydroxylation is 2. The molecule has 0 aromatic heterocycles. The first kappa shape index (κ1) is 9.72. The molecule has 0 radical (unpaired) electrons. The Hall–Kier alpha value is -0.820. The Morgan fingerprint density at radius 1 is 1.14 bits per heavy atom. The minimum Gasteiger partial charge on any atom is -0.316 e. The van der Waals surface area contributed by atoms with Gasteiger partial charge in [0.1, 0.15) is 0 Å². The van der Waals surface area contributed by atoms with E-state index in [0.29, 0.717) is 0 Å². The highest BCUT2D eigenvalue weighted by molar-refractivity contribution is 5.31. The lowest BCUT2D eigenvalue weighted by molar-refractivity contribution is 0.461. The average Bonchev–Trinajstić information content (AvgIpc) is 2.18. The molecule has 0 aliphatic carbocycles. The monoisotopic (exact) mass is 189 g/mol. The molecule has 0 spiro atoms. The van der Waals surface area contributed by atoms with Gasteiger partial charge < -0.3 is 5.32 Å². The van der Waals surface area contributed by atoms with Gasteiger partial charge in [-0.2, -0.15) is 0 Å². The topological polar surface area (TPSA) is 12.0 Å². The highest BCUT2D eigenvalue weighted by atomic mass is 14.9. The van der Waals surface area contributed by atoms with Gasteiger partial charge in [0.15, 0.2) is 0 Å². The average molecular weight is 189 g/mol. The number of piperidine rings is 1. The van der Waals surface area contributed by atoms with Crippen LogP contribution in [0.4, 0.5) is 0 Å². The van der Waals surface area contributed by atoms with Crippen LogP contribution in [0.2, 0.25) is 0 Å². The van der Waals surface area contributed by atoms with Crippen molar-refractivity contribution in [3.8, 4) is 0 Å². The first-order valence-corrected chi connectivity index (χ1v) is 5.54. The number of hydrogen-bond acceptors (Lipinski definition) is 1. The van der Waals surface area contributed by atoms with E-state index in [0.717, 1.165) is 12.5 Å². The predicted octanol–water partition coefficient (Wildman–Crippen LogP) is 2.77. The van der Waals surface area contributed by atoms with E-state index in [9.17, 15) is 0 Å². The van der Waals surface area contributed by atoms with Gasteiger partial charge in [0.25, 0.3) is 0 Å². The normalized spacial score (nSPS) is 22.3. The third-order valence-electron chi connectivity index (χ3n) is 3.01. The van der Waals surface area contributed by atoms with Gasteiger partial charge in [-0.15, -0.1) is 0 Å². The van der Waals surface area contributed by atoms with E-state index in [1.54, 1.807) is 0 Å². The molecule has 1 aromatic carbocycles. The molecule has 2 rings (SSSR count). The number of benzene rings is 1. The van der Waals surface area contributed by atoms with Crippen LogP contribution in [0.1, 0.15) is 35.4 Å². The summed E-state index contributed by atoms with van der Waals surface area (Å²) >= 11 is 0. The van der Waals surface area contributed by atoms with E-state index >= 15 is 0 Å². The molecule has 1 saturated heterocycles. The van der Waals surface area contributed by atoms with E-state index in [1.807, 2.05) is 0 Å². The molecular formula is C13H19N. The molecule has 1 heterocycles. The van der Waals surface area contributed by atoms with Gasteiger partial charge in [-0.05, 0) is 44.7 Å². The largest absolute Gasteiger partial charge is 0.316 e. The van der Waals surface area contributed by atoms with Crippen LogP contribution in [0.3, 0.4) is 0 Å². The Balaban J connectivity index is 2.21. The molecule has 1 N–H and O–H groups in total. The van der Waals surface area contributed by atoms with Gasteiger partial charge in [-0.1, -0.05) is 29.3 Å². The molecule has 1 aliphatic rings. The number of nitrogens with one attached hydrogen (secondary N) is 1. The lowest BCUT2D eigenvalue weighted by atomic mass is 9.90. The summed E-state index contributed by atoms with van der Waals surface area (Å²) in [7, 11) is 0. The van der Waals surface area contributed by atoms with Crippen LogP contribution in [0.15, 0.2) is 18.2 Å². The van der Waals surface area contributed by atoms with Gasteiger partial charge in [0.2, 0.25) is 0 Å². The fraction of sp³-hybridized carbons (Fsp3) is 0.538. The summed E-state index contributed by atoms with van der Waals surface area (Å²) in [5.41, 5.74) is 4.31. The zero-order valence-corrected chi connectivity index (χ0v) is 9.14. The number of hydrogen-bond donors (Lipinski definition) is 1. The first-order chi connectivity index (χ1) is 6.75. The summed E-state index contributed by atoms with van der Waals surface area (Å²) in [4.78, 5) is 0. The molecule has 0 saturated carbocycles. The molecule has 76 valence electrons. The Morgan fingerprint density at radius 3 is 2.43 bits per heavy atom. The smallest absolute Gasteiger partial charge is 0.00201 e. The fourth-order valence-electron chi connectivity index (χ4n) is 2.38. The molecule has 1 fully saturated rings. The van der Waals surface area contributed by atoms with E-state index in [-0.39, 0.29) is 0 Å². The summed E-state index contributed by atoms with van der Waals surface area (Å²) in [5, 5.41) is 3.47.